The maximum atomic E-state index is 12.6. The fraction of sp³-hybridized carbons (Fsp3) is 0.222. The standard InChI is InChI=1S/C18H19ClN2O3S/c1-21-12-13(15-5-3-4-6-16(15)21)9-10-20-25(22,23)18-11-14(19)7-8-17(18)24-2/h3-8,11-12,20H,9-10H2,1-2H3. The third kappa shape index (κ3) is 3.66. The van der Waals surface area contributed by atoms with Crippen LogP contribution in [0, 0.1) is 0 Å². The first-order valence-corrected chi connectivity index (χ1v) is 9.64. The van der Waals surface area contributed by atoms with Crippen molar-refractivity contribution < 1.29 is 13.2 Å². The molecule has 1 N–H and O–H groups in total. The lowest BCUT2D eigenvalue weighted by atomic mass is 10.1. The zero-order valence-corrected chi connectivity index (χ0v) is 15.6. The average Bonchev–Trinajstić information content (AvgIpc) is 2.91. The van der Waals surface area contributed by atoms with Gasteiger partial charge in [0.15, 0.2) is 0 Å². The summed E-state index contributed by atoms with van der Waals surface area (Å²) in [5.41, 5.74) is 2.22. The average molecular weight is 379 g/mol. The summed E-state index contributed by atoms with van der Waals surface area (Å²) in [5, 5.41) is 1.47. The molecular formula is C18H19ClN2O3S. The van der Waals surface area contributed by atoms with Gasteiger partial charge in [0.2, 0.25) is 10.0 Å². The molecule has 1 heterocycles. The van der Waals surface area contributed by atoms with Crippen molar-refractivity contribution in [1.82, 2.24) is 9.29 Å². The van der Waals surface area contributed by atoms with Crippen LogP contribution in [0.4, 0.5) is 0 Å². The predicted molar refractivity (Wildman–Crippen MR) is 99.8 cm³/mol. The van der Waals surface area contributed by atoms with E-state index in [0.717, 1.165) is 16.5 Å². The number of hydrogen-bond donors (Lipinski definition) is 1. The maximum Gasteiger partial charge on any atom is 0.244 e. The molecule has 0 saturated carbocycles. The summed E-state index contributed by atoms with van der Waals surface area (Å²) in [6, 6.07) is 12.6. The number of aryl methyl sites for hydroxylation is 1. The lowest BCUT2D eigenvalue weighted by Crippen LogP contribution is -2.26. The van der Waals surface area contributed by atoms with Gasteiger partial charge in [-0.3, -0.25) is 0 Å². The molecule has 3 rings (SSSR count). The quantitative estimate of drug-likeness (QED) is 0.715. The molecular weight excluding hydrogens is 360 g/mol. The van der Waals surface area contributed by atoms with Gasteiger partial charge < -0.3 is 9.30 Å². The van der Waals surface area contributed by atoms with Gasteiger partial charge in [0, 0.05) is 35.7 Å². The van der Waals surface area contributed by atoms with Crippen molar-refractivity contribution >= 4 is 32.5 Å². The molecule has 132 valence electrons. The Morgan fingerprint density at radius 3 is 2.72 bits per heavy atom. The van der Waals surface area contributed by atoms with E-state index in [-0.39, 0.29) is 17.2 Å². The summed E-state index contributed by atoms with van der Waals surface area (Å²) in [7, 11) is -0.300. The number of para-hydroxylation sites is 1. The van der Waals surface area contributed by atoms with Crippen molar-refractivity contribution in [2.75, 3.05) is 13.7 Å². The Morgan fingerprint density at radius 2 is 1.96 bits per heavy atom. The van der Waals surface area contributed by atoms with Crippen LogP contribution in [0.3, 0.4) is 0 Å². The molecule has 5 nitrogen and oxygen atoms in total. The van der Waals surface area contributed by atoms with Crippen molar-refractivity contribution in [3.8, 4) is 5.75 Å². The maximum absolute atomic E-state index is 12.6. The Morgan fingerprint density at radius 1 is 1.20 bits per heavy atom. The Balaban J connectivity index is 1.78. The highest BCUT2D eigenvalue weighted by molar-refractivity contribution is 7.89. The third-order valence-corrected chi connectivity index (χ3v) is 5.80. The molecule has 3 aromatic rings. The van der Waals surface area contributed by atoms with Crippen molar-refractivity contribution in [3.05, 3.63) is 59.2 Å². The molecule has 0 amide bonds. The largest absolute Gasteiger partial charge is 0.495 e. The molecule has 0 unspecified atom stereocenters. The first-order chi connectivity index (χ1) is 11.9. The van der Waals surface area contributed by atoms with Crippen molar-refractivity contribution in [2.24, 2.45) is 7.05 Å². The number of fused-ring (bicyclic) bond motifs is 1. The third-order valence-electron chi connectivity index (χ3n) is 4.08. The Hall–Kier alpha value is -2.02. The normalized spacial score (nSPS) is 11.8. The number of sulfonamides is 1. The van der Waals surface area contributed by atoms with Crippen LogP contribution in [0.1, 0.15) is 5.56 Å². The predicted octanol–water partition coefficient (Wildman–Crippen LogP) is 3.36. The summed E-state index contributed by atoms with van der Waals surface area (Å²) in [4.78, 5) is 0.0421. The van der Waals surface area contributed by atoms with Crippen molar-refractivity contribution in [2.45, 2.75) is 11.3 Å². The zero-order valence-electron chi connectivity index (χ0n) is 14.0. The molecule has 0 radical (unpaired) electrons. The minimum Gasteiger partial charge on any atom is -0.495 e. The monoisotopic (exact) mass is 378 g/mol. The number of methoxy groups -OCH3 is 1. The van der Waals surface area contributed by atoms with Crippen LogP contribution in [0.5, 0.6) is 5.75 Å². The molecule has 0 atom stereocenters. The van der Waals surface area contributed by atoms with E-state index < -0.39 is 10.0 Å². The molecule has 1 aromatic heterocycles. The highest BCUT2D eigenvalue weighted by Crippen LogP contribution is 2.27. The summed E-state index contributed by atoms with van der Waals surface area (Å²) >= 11 is 5.93. The van der Waals surface area contributed by atoms with Crippen LogP contribution < -0.4 is 9.46 Å². The number of benzene rings is 2. The van der Waals surface area contributed by atoms with Gasteiger partial charge in [-0.2, -0.15) is 0 Å². The second kappa shape index (κ2) is 7.07. The molecule has 7 heteroatoms. The Bertz CT molecular complexity index is 1010. The Kier molecular flexibility index (Phi) is 5.03. The SMILES string of the molecule is COc1ccc(Cl)cc1S(=O)(=O)NCCc1cn(C)c2ccccc12. The minimum atomic E-state index is -3.71. The first-order valence-electron chi connectivity index (χ1n) is 7.78. The van der Waals surface area contributed by atoms with Gasteiger partial charge in [-0.1, -0.05) is 29.8 Å². The van der Waals surface area contributed by atoms with Gasteiger partial charge in [0.1, 0.15) is 10.6 Å². The smallest absolute Gasteiger partial charge is 0.244 e. The summed E-state index contributed by atoms with van der Waals surface area (Å²) in [6.07, 6.45) is 2.61. The number of nitrogens with one attached hydrogen (secondary N) is 1. The topological polar surface area (TPSA) is 60.3 Å². The summed E-state index contributed by atoms with van der Waals surface area (Å²) in [5.74, 6) is 0.266. The molecule has 0 aliphatic rings. The Labute approximate surface area is 152 Å². The second-order valence-corrected chi connectivity index (χ2v) is 7.90. The number of nitrogens with zero attached hydrogens (tertiary/aromatic N) is 1. The molecule has 0 aliphatic carbocycles. The van der Waals surface area contributed by atoms with Crippen LogP contribution in [0.15, 0.2) is 53.6 Å². The van der Waals surface area contributed by atoms with E-state index in [1.807, 2.05) is 42.1 Å². The second-order valence-electron chi connectivity index (χ2n) is 5.73. The van der Waals surface area contributed by atoms with Gasteiger partial charge in [-0.05, 0) is 36.2 Å². The fourth-order valence-electron chi connectivity index (χ4n) is 2.88. The highest BCUT2D eigenvalue weighted by Gasteiger charge is 2.19. The zero-order chi connectivity index (χ0) is 18.0. The fourth-order valence-corrected chi connectivity index (χ4v) is 4.34. The van der Waals surface area contributed by atoms with Crippen LogP contribution in [0.25, 0.3) is 10.9 Å². The molecule has 0 bridgehead atoms. The van der Waals surface area contributed by atoms with E-state index in [1.54, 1.807) is 12.1 Å². The van der Waals surface area contributed by atoms with Gasteiger partial charge in [0.05, 0.1) is 7.11 Å². The van der Waals surface area contributed by atoms with E-state index in [4.69, 9.17) is 16.3 Å². The van der Waals surface area contributed by atoms with Crippen LogP contribution in [-0.2, 0) is 23.5 Å². The van der Waals surface area contributed by atoms with Crippen molar-refractivity contribution in [3.63, 3.8) is 0 Å². The number of hydrogen-bond acceptors (Lipinski definition) is 3. The van der Waals surface area contributed by atoms with Crippen LogP contribution >= 0.6 is 11.6 Å². The molecule has 25 heavy (non-hydrogen) atoms. The molecule has 0 fully saturated rings. The number of rotatable bonds is 6. The molecule has 2 aromatic carbocycles. The molecule has 0 saturated heterocycles. The number of aromatic nitrogens is 1. The summed E-state index contributed by atoms with van der Waals surface area (Å²) in [6.45, 7) is 0.284. The van der Waals surface area contributed by atoms with Gasteiger partial charge in [0.25, 0.3) is 0 Å². The summed E-state index contributed by atoms with van der Waals surface area (Å²) < 4.78 is 34.9. The van der Waals surface area contributed by atoms with E-state index >= 15 is 0 Å². The van der Waals surface area contributed by atoms with Crippen LogP contribution in [0.2, 0.25) is 5.02 Å². The van der Waals surface area contributed by atoms with E-state index in [1.165, 1.54) is 13.2 Å². The van der Waals surface area contributed by atoms with Gasteiger partial charge >= 0.3 is 0 Å². The van der Waals surface area contributed by atoms with E-state index in [0.29, 0.717) is 11.4 Å². The number of halogens is 1. The minimum absolute atomic E-state index is 0.0421. The highest BCUT2D eigenvalue weighted by atomic mass is 35.5. The van der Waals surface area contributed by atoms with Gasteiger partial charge in [-0.15, -0.1) is 0 Å². The van der Waals surface area contributed by atoms with E-state index in [2.05, 4.69) is 4.72 Å². The number of ether oxygens (including phenoxy) is 1. The molecule has 0 aliphatic heterocycles. The molecule has 0 spiro atoms. The first kappa shape index (κ1) is 17.8. The van der Waals surface area contributed by atoms with Gasteiger partial charge in [-0.25, -0.2) is 13.1 Å². The lowest BCUT2D eigenvalue weighted by Gasteiger charge is -2.11. The van der Waals surface area contributed by atoms with E-state index in [9.17, 15) is 8.42 Å². The van der Waals surface area contributed by atoms with Crippen LogP contribution in [-0.4, -0.2) is 26.6 Å². The van der Waals surface area contributed by atoms with Crippen molar-refractivity contribution in [1.29, 1.82) is 0 Å². The lowest BCUT2D eigenvalue weighted by molar-refractivity contribution is 0.402.